The largest absolute Gasteiger partial charge is 0.352 e. The van der Waals surface area contributed by atoms with Crippen molar-refractivity contribution in [2.24, 2.45) is 5.92 Å². The van der Waals surface area contributed by atoms with Crippen molar-refractivity contribution in [2.45, 2.75) is 38.4 Å². The SMILES string of the molecule is CSc1nnc(CCCNC(=O)c2ccc(C#N)cc2)n1CC(C)C. The topological polar surface area (TPSA) is 83.6 Å². The van der Waals surface area contributed by atoms with Gasteiger partial charge in [0.2, 0.25) is 0 Å². The minimum Gasteiger partial charge on any atom is -0.352 e. The van der Waals surface area contributed by atoms with Crippen LogP contribution in [0.3, 0.4) is 0 Å². The second-order valence-corrected chi connectivity index (χ2v) is 6.93. The number of amides is 1. The Morgan fingerprint density at radius 3 is 2.64 bits per heavy atom. The Kier molecular flexibility index (Phi) is 7.02. The first kappa shape index (κ1) is 19.0. The van der Waals surface area contributed by atoms with Gasteiger partial charge in [-0.15, -0.1) is 10.2 Å². The third kappa shape index (κ3) is 5.33. The lowest BCUT2D eigenvalue weighted by Crippen LogP contribution is -2.25. The van der Waals surface area contributed by atoms with Crippen LogP contribution in [0.15, 0.2) is 29.4 Å². The second-order valence-electron chi connectivity index (χ2n) is 6.16. The van der Waals surface area contributed by atoms with Gasteiger partial charge in [-0.25, -0.2) is 0 Å². The third-order valence-corrected chi connectivity index (χ3v) is 4.33. The summed E-state index contributed by atoms with van der Waals surface area (Å²) < 4.78 is 2.16. The number of nitrogens with zero attached hydrogens (tertiary/aromatic N) is 4. The standard InChI is InChI=1S/C18H23N5OS/c1-13(2)12-23-16(21-22-18(23)25-3)5-4-10-20-17(24)15-8-6-14(11-19)7-9-15/h6-9,13H,4-5,10,12H2,1-3H3,(H,20,24). The van der Waals surface area contributed by atoms with Crippen molar-refractivity contribution in [1.29, 1.82) is 5.26 Å². The maximum atomic E-state index is 12.1. The van der Waals surface area contributed by atoms with Crippen LogP contribution in [-0.4, -0.2) is 33.5 Å². The molecule has 0 atom stereocenters. The predicted molar refractivity (Wildman–Crippen MR) is 98.5 cm³/mol. The van der Waals surface area contributed by atoms with E-state index in [0.717, 1.165) is 30.4 Å². The molecule has 2 rings (SSSR count). The molecule has 0 aliphatic rings. The van der Waals surface area contributed by atoms with E-state index in [1.165, 1.54) is 0 Å². The fraction of sp³-hybridized carbons (Fsp3) is 0.444. The van der Waals surface area contributed by atoms with Crippen LogP contribution in [0.1, 0.15) is 42.0 Å². The first-order valence-corrected chi connectivity index (χ1v) is 9.52. The number of hydrogen-bond donors (Lipinski definition) is 1. The van der Waals surface area contributed by atoms with Crippen LogP contribution < -0.4 is 5.32 Å². The third-order valence-electron chi connectivity index (χ3n) is 3.66. The van der Waals surface area contributed by atoms with Crippen molar-refractivity contribution in [1.82, 2.24) is 20.1 Å². The van der Waals surface area contributed by atoms with Gasteiger partial charge in [0.15, 0.2) is 5.16 Å². The lowest BCUT2D eigenvalue weighted by atomic mass is 10.1. The van der Waals surface area contributed by atoms with Crippen molar-refractivity contribution in [2.75, 3.05) is 12.8 Å². The number of benzene rings is 1. The van der Waals surface area contributed by atoms with Crippen molar-refractivity contribution < 1.29 is 4.79 Å². The highest BCUT2D eigenvalue weighted by Crippen LogP contribution is 2.16. The first-order chi connectivity index (χ1) is 12.0. The van der Waals surface area contributed by atoms with Gasteiger partial charge in [0.1, 0.15) is 5.82 Å². The summed E-state index contributed by atoms with van der Waals surface area (Å²) in [6.07, 6.45) is 3.57. The van der Waals surface area contributed by atoms with E-state index < -0.39 is 0 Å². The summed E-state index contributed by atoms with van der Waals surface area (Å²) in [4.78, 5) is 12.1. The van der Waals surface area contributed by atoms with E-state index >= 15 is 0 Å². The summed E-state index contributed by atoms with van der Waals surface area (Å²) in [6, 6.07) is 8.66. The Balaban J connectivity index is 1.85. The van der Waals surface area contributed by atoms with Gasteiger partial charge in [0, 0.05) is 25.1 Å². The molecule has 0 saturated carbocycles. The number of aromatic nitrogens is 3. The van der Waals surface area contributed by atoms with E-state index in [0.29, 0.717) is 23.6 Å². The number of nitrogens with one attached hydrogen (secondary N) is 1. The predicted octanol–water partition coefficient (Wildman–Crippen LogP) is 2.89. The normalized spacial score (nSPS) is 10.7. The van der Waals surface area contributed by atoms with E-state index in [1.807, 2.05) is 12.3 Å². The minimum absolute atomic E-state index is 0.127. The lowest BCUT2D eigenvalue weighted by Gasteiger charge is -2.11. The highest BCUT2D eigenvalue weighted by Gasteiger charge is 2.12. The summed E-state index contributed by atoms with van der Waals surface area (Å²) in [5, 5.41) is 21.1. The fourth-order valence-corrected chi connectivity index (χ4v) is 2.97. The molecule has 2 aromatic rings. The Morgan fingerprint density at radius 1 is 1.32 bits per heavy atom. The van der Waals surface area contributed by atoms with E-state index in [4.69, 9.17) is 5.26 Å². The van der Waals surface area contributed by atoms with Gasteiger partial charge in [-0.05, 0) is 42.9 Å². The Morgan fingerprint density at radius 2 is 2.04 bits per heavy atom. The summed E-state index contributed by atoms with van der Waals surface area (Å²) in [5.41, 5.74) is 1.11. The van der Waals surface area contributed by atoms with Gasteiger partial charge in [-0.3, -0.25) is 4.79 Å². The molecule has 0 unspecified atom stereocenters. The minimum atomic E-state index is -0.127. The molecule has 132 valence electrons. The molecule has 0 fully saturated rings. The molecule has 1 aromatic heterocycles. The average molecular weight is 357 g/mol. The van der Waals surface area contributed by atoms with E-state index in [2.05, 4.69) is 33.9 Å². The number of nitriles is 1. The molecule has 1 N–H and O–H groups in total. The maximum Gasteiger partial charge on any atom is 0.251 e. The molecule has 0 bridgehead atoms. The van der Waals surface area contributed by atoms with E-state index in [1.54, 1.807) is 36.0 Å². The van der Waals surface area contributed by atoms with Crippen LogP contribution in [0.5, 0.6) is 0 Å². The molecule has 0 aliphatic heterocycles. The van der Waals surface area contributed by atoms with Crippen molar-refractivity contribution >= 4 is 17.7 Å². The lowest BCUT2D eigenvalue weighted by molar-refractivity contribution is 0.0953. The van der Waals surface area contributed by atoms with Gasteiger partial charge < -0.3 is 9.88 Å². The zero-order valence-corrected chi connectivity index (χ0v) is 15.6. The van der Waals surface area contributed by atoms with Crippen LogP contribution in [0, 0.1) is 17.2 Å². The number of carbonyl (C=O) groups excluding carboxylic acids is 1. The monoisotopic (exact) mass is 357 g/mol. The molecule has 1 aromatic carbocycles. The number of carbonyl (C=O) groups is 1. The zero-order valence-electron chi connectivity index (χ0n) is 14.8. The average Bonchev–Trinajstić information content (AvgIpc) is 2.99. The Bertz CT molecular complexity index is 746. The molecular weight excluding hydrogens is 334 g/mol. The second kappa shape index (κ2) is 9.23. The highest BCUT2D eigenvalue weighted by atomic mass is 32.2. The zero-order chi connectivity index (χ0) is 18.2. The highest BCUT2D eigenvalue weighted by molar-refractivity contribution is 7.98. The Labute approximate surface area is 152 Å². The summed E-state index contributed by atoms with van der Waals surface area (Å²) in [6.45, 7) is 5.81. The van der Waals surface area contributed by atoms with Gasteiger partial charge in [0.25, 0.3) is 5.91 Å². The molecule has 25 heavy (non-hydrogen) atoms. The fourth-order valence-electron chi connectivity index (χ4n) is 2.45. The van der Waals surface area contributed by atoms with Gasteiger partial charge in [-0.2, -0.15) is 5.26 Å². The van der Waals surface area contributed by atoms with Crippen LogP contribution in [0.4, 0.5) is 0 Å². The number of rotatable bonds is 8. The van der Waals surface area contributed by atoms with Crippen molar-refractivity contribution in [3.05, 3.63) is 41.2 Å². The molecule has 1 amide bonds. The molecule has 0 aliphatic carbocycles. The van der Waals surface area contributed by atoms with Crippen LogP contribution in [0.25, 0.3) is 0 Å². The summed E-state index contributed by atoms with van der Waals surface area (Å²) in [7, 11) is 0. The van der Waals surface area contributed by atoms with Crippen molar-refractivity contribution in [3.63, 3.8) is 0 Å². The smallest absolute Gasteiger partial charge is 0.251 e. The van der Waals surface area contributed by atoms with E-state index in [9.17, 15) is 4.79 Å². The molecule has 0 spiro atoms. The van der Waals surface area contributed by atoms with Crippen molar-refractivity contribution in [3.8, 4) is 6.07 Å². The first-order valence-electron chi connectivity index (χ1n) is 8.29. The molecule has 6 nitrogen and oxygen atoms in total. The van der Waals surface area contributed by atoms with E-state index in [-0.39, 0.29) is 5.91 Å². The molecule has 7 heteroatoms. The summed E-state index contributed by atoms with van der Waals surface area (Å²) >= 11 is 1.60. The quantitative estimate of drug-likeness (QED) is 0.580. The Hall–Kier alpha value is -2.33. The number of hydrogen-bond acceptors (Lipinski definition) is 5. The number of thioether (sulfide) groups is 1. The van der Waals surface area contributed by atoms with Gasteiger partial charge in [0.05, 0.1) is 11.6 Å². The van der Waals surface area contributed by atoms with Gasteiger partial charge in [-0.1, -0.05) is 25.6 Å². The number of aryl methyl sites for hydroxylation is 1. The van der Waals surface area contributed by atoms with Crippen LogP contribution >= 0.6 is 11.8 Å². The maximum absolute atomic E-state index is 12.1. The van der Waals surface area contributed by atoms with Crippen LogP contribution in [-0.2, 0) is 13.0 Å². The summed E-state index contributed by atoms with van der Waals surface area (Å²) in [5.74, 6) is 1.36. The molecule has 0 radical (unpaired) electrons. The molecular formula is C18H23N5OS. The molecule has 1 heterocycles. The molecule has 0 saturated heterocycles. The van der Waals surface area contributed by atoms with Crippen LogP contribution in [0.2, 0.25) is 0 Å². The van der Waals surface area contributed by atoms with Gasteiger partial charge >= 0.3 is 0 Å².